The number of Topliss-reactive ketones (excluding diaryl/α,β-unsaturated/α-hetero) is 1. The lowest BCUT2D eigenvalue weighted by Gasteiger charge is -2.17. The smallest absolute Gasteiger partial charge is 0.227 e. The first-order valence-corrected chi connectivity index (χ1v) is 6.64. The second-order valence-electron chi connectivity index (χ2n) is 5.94. The summed E-state index contributed by atoms with van der Waals surface area (Å²) in [6, 6.07) is 9.70. The van der Waals surface area contributed by atoms with E-state index in [0.29, 0.717) is 5.56 Å². The van der Waals surface area contributed by atoms with Crippen LogP contribution in [0.15, 0.2) is 48.8 Å². The highest BCUT2D eigenvalue weighted by atomic mass is 19.1. The van der Waals surface area contributed by atoms with Gasteiger partial charge in [-0.2, -0.15) is 4.57 Å². The molecule has 0 fully saturated rings. The molecular formula is C17H19FNO+. The van der Waals surface area contributed by atoms with Gasteiger partial charge in [0.1, 0.15) is 5.82 Å². The molecule has 0 bridgehead atoms. The van der Waals surface area contributed by atoms with Crippen LogP contribution in [0.1, 0.15) is 36.7 Å². The molecule has 0 radical (unpaired) electrons. The fourth-order valence-corrected chi connectivity index (χ4v) is 1.96. The van der Waals surface area contributed by atoms with Crippen molar-refractivity contribution in [3.05, 3.63) is 65.7 Å². The number of ketones is 1. The molecule has 0 amide bonds. The fourth-order valence-electron chi connectivity index (χ4n) is 1.96. The Morgan fingerprint density at radius 1 is 1.05 bits per heavy atom. The largest absolute Gasteiger partial charge is 0.287 e. The van der Waals surface area contributed by atoms with Crippen molar-refractivity contribution in [1.29, 1.82) is 0 Å². The SMILES string of the molecule is CC(C)(C)c1cc[n+](CC(=O)c2ccc(F)cc2)cc1. The molecule has 0 unspecified atom stereocenters. The van der Waals surface area contributed by atoms with Gasteiger partial charge in [0.2, 0.25) is 12.3 Å². The molecule has 2 aromatic rings. The van der Waals surface area contributed by atoms with Crippen LogP contribution < -0.4 is 4.57 Å². The summed E-state index contributed by atoms with van der Waals surface area (Å²) < 4.78 is 14.7. The molecule has 0 aliphatic rings. The van der Waals surface area contributed by atoms with Crippen molar-refractivity contribution in [2.24, 2.45) is 0 Å². The van der Waals surface area contributed by atoms with Gasteiger partial charge in [0.15, 0.2) is 12.4 Å². The summed E-state index contributed by atoms with van der Waals surface area (Å²) in [5, 5.41) is 0. The third kappa shape index (κ3) is 3.50. The standard InChI is InChI=1S/C17H19FNO/c1-17(2,3)14-8-10-19(11-9-14)12-16(20)13-4-6-15(18)7-5-13/h4-11H,12H2,1-3H3/q+1. The third-order valence-electron chi connectivity index (χ3n) is 3.25. The second-order valence-corrected chi connectivity index (χ2v) is 5.94. The number of pyridine rings is 1. The van der Waals surface area contributed by atoms with Crippen molar-refractivity contribution >= 4 is 5.78 Å². The van der Waals surface area contributed by atoms with Crippen molar-refractivity contribution in [3.8, 4) is 0 Å². The molecule has 0 saturated heterocycles. The first kappa shape index (κ1) is 14.4. The number of benzene rings is 1. The Morgan fingerprint density at radius 3 is 2.10 bits per heavy atom. The Morgan fingerprint density at radius 2 is 1.60 bits per heavy atom. The van der Waals surface area contributed by atoms with E-state index in [1.807, 2.05) is 29.1 Å². The number of aromatic nitrogens is 1. The monoisotopic (exact) mass is 272 g/mol. The van der Waals surface area contributed by atoms with E-state index >= 15 is 0 Å². The van der Waals surface area contributed by atoms with Gasteiger partial charge >= 0.3 is 0 Å². The van der Waals surface area contributed by atoms with Crippen LogP contribution in [-0.4, -0.2) is 5.78 Å². The number of carbonyl (C=O) groups excluding carboxylic acids is 1. The van der Waals surface area contributed by atoms with Crippen LogP contribution >= 0.6 is 0 Å². The highest BCUT2D eigenvalue weighted by molar-refractivity contribution is 5.94. The van der Waals surface area contributed by atoms with Crippen molar-refractivity contribution in [2.45, 2.75) is 32.7 Å². The number of hydrogen-bond acceptors (Lipinski definition) is 1. The molecule has 104 valence electrons. The molecule has 0 spiro atoms. The van der Waals surface area contributed by atoms with Crippen molar-refractivity contribution in [2.75, 3.05) is 0 Å². The zero-order valence-electron chi connectivity index (χ0n) is 12.1. The van der Waals surface area contributed by atoms with E-state index in [-0.39, 0.29) is 23.6 Å². The molecule has 2 rings (SSSR count). The molecule has 1 aromatic carbocycles. The molecule has 0 saturated carbocycles. The van der Waals surface area contributed by atoms with Gasteiger partial charge in [-0.05, 0) is 35.2 Å². The van der Waals surface area contributed by atoms with Gasteiger partial charge in [0, 0.05) is 17.7 Å². The topological polar surface area (TPSA) is 20.9 Å². The van der Waals surface area contributed by atoms with Crippen LogP contribution in [0, 0.1) is 5.82 Å². The summed E-state index contributed by atoms with van der Waals surface area (Å²) in [7, 11) is 0. The Bertz CT molecular complexity index is 594. The Kier molecular flexibility index (Phi) is 3.98. The second kappa shape index (κ2) is 5.53. The van der Waals surface area contributed by atoms with Crippen LogP contribution in [0.2, 0.25) is 0 Å². The van der Waals surface area contributed by atoms with E-state index < -0.39 is 0 Å². The molecule has 0 atom stereocenters. The van der Waals surface area contributed by atoms with Gasteiger partial charge in [-0.25, -0.2) is 4.39 Å². The fraction of sp³-hybridized carbons (Fsp3) is 0.294. The molecule has 3 heteroatoms. The minimum Gasteiger partial charge on any atom is -0.287 e. The highest BCUT2D eigenvalue weighted by Gasteiger charge is 2.16. The van der Waals surface area contributed by atoms with E-state index in [2.05, 4.69) is 20.8 Å². The summed E-state index contributed by atoms with van der Waals surface area (Å²) >= 11 is 0. The average Bonchev–Trinajstić information content (AvgIpc) is 2.39. The zero-order valence-corrected chi connectivity index (χ0v) is 12.1. The lowest BCUT2D eigenvalue weighted by molar-refractivity contribution is -0.683. The third-order valence-corrected chi connectivity index (χ3v) is 3.25. The lowest BCUT2D eigenvalue weighted by atomic mass is 9.88. The molecule has 1 heterocycles. The van der Waals surface area contributed by atoms with Gasteiger partial charge in [0.25, 0.3) is 0 Å². The van der Waals surface area contributed by atoms with Crippen LogP contribution in [0.3, 0.4) is 0 Å². The summed E-state index contributed by atoms with van der Waals surface area (Å²) in [4.78, 5) is 12.1. The maximum atomic E-state index is 12.8. The van der Waals surface area contributed by atoms with E-state index in [9.17, 15) is 9.18 Å². The van der Waals surface area contributed by atoms with Gasteiger partial charge < -0.3 is 0 Å². The Labute approximate surface area is 118 Å². The minimum atomic E-state index is -0.330. The van der Waals surface area contributed by atoms with Crippen LogP contribution in [0.4, 0.5) is 4.39 Å². The predicted molar refractivity (Wildman–Crippen MR) is 76.1 cm³/mol. The minimum absolute atomic E-state index is 0.0292. The molecular weight excluding hydrogens is 253 g/mol. The predicted octanol–water partition coefficient (Wildman–Crippen LogP) is 3.29. The first-order chi connectivity index (χ1) is 9.36. The van der Waals surface area contributed by atoms with E-state index in [0.717, 1.165) is 0 Å². The van der Waals surface area contributed by atoms with Gasteiger partial charge in [-0.1, -0.05) is 20.8 Å². The lowest BCUT2D eigenvalue weighted by Crippen LogP contribution is -2.37. The molecule has 0 N–H and O–H groups in total. The van der Waals surface area contributed by atoms with E-state index in [1.165, 1.54) is 29.8 Å². The molecule has 1 aromatic heterocycles. The summed E-state index contributed by atoms with van der Waals surface area (Å²) in [6.45, 7) is 6.71. The van der Waals surface area contributed by atoms with E-state index in [4.69, 9.17) is 0 Å². The average molecular weight is 272 g/mol. The quantitative estimate of drug-likeness (QED) is 0.620. The number of carbonyl (C=O) groups is 1. The van der Waals surface area contributed by atoms with Gasteiger partial charge in [-0.15, -0.1) is 0 Å². The zero-order chi connectivity index (χ0) is 14.8. The molecule has 20 heavy (non-hydrogen) atoms. The maximum Gasteiger partial charge on any atom is 0.227 e. The molecule has 0 aliphatic carbocycles. The Balaban J connectivity index is 2.10. The number of rotatable bonds is 3. The Hall–Kier alpha value is -2.03. The summed E-state index contributed by atoms with van der Waals surface area (Å²) in [6.07, 6.45) is 3.81. The summed E-state index contributed by atoms with van der Waals surface area (Å²) in [5.74, 6) is -0.359. The number of nitrogens with zero attached hydrogens (tertiary/aromatic N) is 1. The van der Waals surface area contributed by atoms with Crippen LogP contribution in [0.5, 0.6) is 0 Å². The molecule has 0 aliphatic heterocycles. The normalized spacial score (nSPS) is 11.4. The van der Waals surface area contributed by atoms with Gasteiger partial charge in [0.05, 0.1) is 0 Å². The van der Waals surface area contributed by atoms with Crippen molar-refractivity contribution < 1.29 is 13.8 Å². The first-order valence-electron chi connectivity index (χ1n) is 6.64. The van der Waals surface area contributed by atoms with E-state index in [1.54, 1.807) is 0 Å². The van der Waals surface area contributed by atoms with Crippen LogP contribution in [-0.2, 0) is 12.0 Å². The number of halogens is 1. The summed E-state index contributed by atoms with van der Waals surface area (Å²) in [5.41, 5.74) is 1.85. The maximum absolute atomic E-state index is 12.8. The van der Waals surface area contributed by atoms with Crippen LogP contribution in [0.25, 0.3) is 0 Å². The van der Waals surface area contributed by atoms with Crippen molar-refractivity contribution in [1.82, 2.24) is 0 Å². The highest BCUT2D eigenvalue weighted by Crippen LogP contribution is 2.20. The number of hydrogen-bond donors (Lipinski definition) is 0. The van der Waals surface area contributed by atoms with Gasteiger partial charge in [-0.3, -0.25) is 4.79 Å². The van der Waals surface area contributed by atoms with Crippen molar-refractivity contribution in [3.63, 3.8) is 0 Å². The molecule has 2 nitrogen and oxygen atoms in total.